The molecule has 1 heterocycles. The van der Waals surface area contributed by atoms with Crippen molar-refractivity contribution >= 4 is 22.6 Å². The van der Waals surface area contributed by atoms with Gasteiger partial charge in [-0.05, 0) is 24.1 Å². The van der Waals surface area contributed by atoms with E-state index in [-0.39, 0.29) is 0 Å². The van der Waals surface area contributed by atoms with Gasteiger partial charge in [0, 0.05) is 16.6 Å². The van der Waals surface area contributed by atoms with Crippen molar-refractivity contribution in [3.8, 4) is 11.3 Å². The molecule has 0 saturated carbocycles. The van der Waals surface area contributed by atoms with Crippen molar-refractivity contribution in [2.24, 2.45) is 7.05 Å². The summed E-state index contributed by atoms with van der Waals surface area (Å²) in [5.74, 6) is 0. The fourth-order valence-corrected chi connectivity index (χ4v) is 2.49. The third-order valence-electron chi connectivity index (χ3n) is 2.74. The van der Waals surface area contributed by atoms with Crippen LogP contribution in [0.15, 0.2) is 42.6 Å². The maximum atomic E-state index is 2.42. The lowest BCUT2D eigenvalue weighted by Gasteiger charge is -2.05. The molecule has 82 valence electrons. The minimum atomic E-state index is 1.04. The van der Waals surface area contributed by atoms with Crippen molar-refractivity contribution < 1.29 is 4.57 Å². The van der Waals surface area contributed by atoms with Gasteiger partial charge in [0.15, 0.2) is 6.20 Å². The summed E-state index contributed by atoms with van der Waals surface area (Å²) in [6, 6.07) is 13.0. The van der Waals surface area contributed by atoms with E-state index in [9.17, 15) is 0 Å². The second kappa shape index (κ2) is 4.95. The molecule has 0 N–H and O–H groups in total. The summed E-state index contributed by atoms with van der Waals surface area (Å²) in [6.07, 6.45) is 2.12. The zero-order chi connectivity index (χ0) is 11.5. The molecule has 1 aromatic carbocycles. The van der Waals surface area contributed by atoms with Crippen molar-refractivity contribution in [3.63, 3.8) is 0 Å². The highest BCUT2D eigenvalue weighted by Gasteiger charge is 2.12. The Kier molecular flexibility index (Phi) is 3.59. The monoisotopic (exact) mass is 324 g/mol. The Hall–Kier alpha value is -0.900. The van der Waals surface area contributed by atoms with Crippen LogP contribution in [0.25, 0.3) is 11.3 Å². The fourth-order valence-electron chi connectivity index (χ4n) is 1.83. The summed E-state index contributed by atoms with van der Waals surface area (Å²) in [4.78, 5) is 0. The van der Waals surface area contributed by atoms with Crippen LogP contribution < -0.4 is 4.57 Å². The Morgan fingerprint density at radius 1 is 1.19 bits per heavy atom. The largest absolute Gasteiger partial charge is 0.212 e. The number of rotatable bonds is 2. The van der Waals surface area contributed by atoms with Crippen molar-refractivity contribution in [1.29, 1.82) is 0 Å². The van der Waals surface area contributed by atoms with Gasteiger partial charge in [-0.2, -0.15) is 0 Å². The van der Waals surface area contributed by atoms with E-state index in [2.05, 4.69) is 83.7 Å². The van der Waals surface area contributed by atoms with Crippen LogP contribution in [0.1, 0.15) is 11.1 Å². The molecule has 2 rings (SSSR count). The van der Waals surface area contributed by atoms with E-state index in [0.29, 0.717) is 0 Å². The van der Waals surface area contributed by atoms with Gasteiger partial charge in [0.1, 0.15) is 7.05 Å². The van der Waals surface area contributed by atoms with Gasteiger partial charge in [0.25, 0.3) is 0 Å². The van der Waals surface area contributed by atoms with Crippen LogP contribution in [-0.2, 0) is 11.5 Å². The number of hydrogen-bond donors (Lipinski definition) is 0. The van der Waals surface area contributed by atoms with Crippen LogP contribution in [0.3, 0.4) is 0 Å². The molecule has 0 aliphatic carbocycles. The van der Waals surface area contributed by atoms with Crippen LogP contribution in [0, 0.1) is 6.92 Å². The first-order valence-corrected chi connectivity index (χ1v) is 6.85. The fraction of sp³-hybridized carbons (Fsp3) is 0.214. The van der Waals surface area contributed by atoms with Gasteiger partial charge in [0.05, 0.1) is 5.56 Å². The number of aromatic nitrogens is 1. The molecule has 0 aliphatic rings. The van der Waals surface area contributed by atoms with Gasteiger partial charge < -0.3 is 0 Å². The molecule has 0 aliphatic heterocycles. The van der Waals surface area contributed by atoms with E-state index in [1.54, 1.807) is 0 Å². The lowest BCUT2D eigenvalue weighted by Crippen LogP contribution is -2.30. The molecule has 0 saturated heterocycles. The normalized spacial score (nSPS) is 10.4. The number of hydrogen-bond acceptors (Lipinski definition) is 0. The van der Waals surface area contributed by atoms with E-state index in [0.717, 1.165) is 4.43 Å². The van der Waals surface area contributed by atoms with Crippen LogP contribution >= 0.6 is 22.6 Å². The van der Waals surface area contributed by atoms with Gasteiger partial charge in [-0.3, -0.25) is 0 Å². The smallest absolute Gasteiger partial charge is 0.201 e. The second-order valence-corrected chi connectivity index (χ2v) is 4.75. The third-order valence-corrected chi connectivity index (χ3v) is 3.56. The molecule has 0 unspecified atom stereocenters. The van der Waals surface area contributed by atoms with Gasteiger partial charge in [-0.25, -0.2) is 4.57 Å². The first-order valence-electron chi connectivity index (χ1n) is 5.33. The Bertz CT molecular complexity index is 506. The van der Waals surface area contributed by atoms with Gasteiger partial charge in [-0.1, -0.05) is 40.8 Å². The zero-order valence-corrected chi connectivity index (χ0v) is 11.7. The molecular formula is C14H15IN+. The standard InChI is InChI=1S/C14H15IN/c1-11-7-8-16(2)14(9-11)13-6-4-3-5-12(13)10-15/h3-9H,10H2,1-2H3/q+1. The molecule has 2 heteroatoms. The number of alkyl halides is 1. The third kappa shape index (κ3) is 2.26. The Morgan fingerprint density at radius 3 is 2.69 bits per heavy atom. The lowest BCUT2D eigenvalue weighted by atomic mass is 10.0. The number of halogens is 1. The molecule has 0 atom stereocenters. The van der Waals surface area contributed by atoms with Crippen molar-refractivity contribution in [3.05, 3.63) is 53.7 Å². The minimum Gasteiger partial charge on any atom is -0.201 e. The highest BCUT2D eigenvalue weighted by Crippen LogP contribution is 2.23. The second-order valence-electron chi connectivity index (χ2n) is 3.99. The van der Waals surface area contributed by atoms with E-state index in [4.69, 9.17) is 0 Å². The Morgan fingerprint density at radius 2 is 1.94 bits per heavy atom. The van der Waals surface area contributed by atoms with Crippen LogP contribution in [0.4, 0.5) is 0 Å². The van der Waals surface area contributed by atoms with Crippen LogP contribution in [-0.4, -0.2) is 0 Å². The quantitative estimate of drug-likeness (QED) is 0.453. The molecule has 0 radical (unpaired) electrons. The van der Waals surface area contributed by atoms with E-state index < -0.39 is 0 Å². The predicted molar refractivity (Wildman–Crippen MR) is 75.5 cm³/mol. The first-order chi connectivity index (χ1) is 7.72. The van der Waals surface area contributed by atoms with Crippen LogP contribution in [0.5, 0.6) is 0 Å². The molecule has 1 nitrogen and oxygen atoms in total. The summed E-state index contributed by atoms with van der Waals surface area (Å²) in [6.45, 7) is 2.14. The molecule has 0 bridgehead atoms. The summed E-state index contributed by atoms with van der Waals surface area (Å²) >= 11 is 2.42. The topological polar surface area (TPSA) is 3.88 Å². The van der Waals surface area contributed by atoms with E-state index >= 15 is 0 Å². The number of aryl methyl sites for hydroxylation is 2. The number of pyridine rings is 1. The van der Waals surface area contributed by atoms with Gasteiger partial charge >= 0.3 is 0 Å². The van der Waals surface area contributed by atoms with Gasteiger partial charge in [0.2, 0.25) is 5.69 Å². The predicted octanol–water partition coefficient (Wildman–Crippen LogP) is 3.42. The molecule has 0 amide bonds. The van der Waals surface area contributed by atoms with E-state index in [1.165, 1.54) is 22.4 Å². The lowest BCUT2D eigenvalue weighted by molar-refractivity contribution is -0.660. The molecule has 2 aromatic rings. The SMILES string of the molecule is Cc1cc[n+](C)c(-c2ccccc2CI)c1. The molecule has 1 aromatic heterocycles. The Labute approximate surface area is 110 Å². The average Bonchev–Trinajstić information content (AvgIpc) is 2.32. The maximum absolute atomic E-state index is 2.42. The van der Waals surface area contributed by atoms with Crippen molar-refractivity contribution in [2.75, 3.05) is 0 Å². The number of nitrogens with zero attached hydrogens (tertiary/aromatic N) is 1. The summed E-state index contributed by atoms with van der Waals surface area (Å²) < 4.78 is 3.22. The first kappa shape index (κ1) is 11.6. The molecule has 16 heavy (non-hydrogen) atoms. The highest BCUT2D eigenvalue weighted by molar-refractivity contribution is 14.1. The molecular weight excluding hydrogens is 309 g/mol. The molecule has 0 spiro atoms. The average molecular weight is 324 g/mol. The van der Waals surface area contributed by atoms with Crippen molar-refractivity contribution in [2.45, 2.75) is 11.4 Å². The number of benzene rings is 1. The van der Waals surface area contributed by atoms with Gasteiger partial charge in [-0.15, -0.1) is 0 Å². The molecule has 0 fully saturated rings. The highest BCUT2D eigenvalue weighted by atomic mass is 127. The maximum Gasteiger partial charge on any atom is 0.212 e. The Balaban J connectivity index is 2.62. The zero-order valence-electron chi connectivity index (χ0n) is 9.57. The van der Waals surface area contributed by atoms with Crippen molar-refractivity contribution in [1.82, 2.24) is 0 Å². The summed E-state index contributed by atoms with van der Waals surface area (Å²) in [5, 5.41) is 0. The summed E-state index contributed by atoms with van der Waals surface area (Å²) in [7, 11) is 2.10. The van der Waals surface area contributed by atoms with E-state index in [1.807, 2.05) is 0 Å². The summed E-state index contributed by atoms with van der Waals surface area (Å²) in [5.41, 5.74) is 5.32. The minimum absolute atomic E-state index is 1.04. The van der Waals surface area contributed by atoms with Crippen LogP contribution in [0.2, 0.25) is 0 Å².